The van der Waals surface area contributed by atoms with Gasteiger partial charge in [0.2, 0.25) is 11.9 Å². The minimum Gasteiger partial charge on any atom is -0.381 e. The van der Waals surface area contributed by atoms with Crippen LogP contribution in [0.25, 0.3) is 0 Å². The summed E-state index contributed by atoms with van der Waals surface area (Å²) in [4.78, 5) is 26.3. The molecule has 4 heterocycles. The minimum absolute atomic E-state index is 0.0568. The molecule has 0 N–H and O–H groups in total. The highest BCUT2D eigenvalue weighted by Gasteiger charge is 2.24. The van der Waals surface area contributed by atoms with E-state index >= 15 is 0 Å². The summed E-state index contributed by atoms with van der Waals surface area (Å²) in [7, 11) is 0. The highest BCUT2D eigenvalue weighted by Crippen LogP contribution is 2.25. The zero-order chi connectivity index (χ0) is 25.9. The molecule has 1 unspecified atom stereocenters. The molecule has 0 spiro atoms. The van der Waals surface area contributed by atoms with Crippen LogP contribution in [0.1, 0.15) is 44.9 Å². The quantitative estimate of drug-likeness (QED) is 0.557. The highest BCUT2D eigenvalue weighted by atomic mass is 35.5. The molecule has 9 heteroatoms. The van der Waals surface area contributed by atoms with Crippen LogP contribution < -0.4 is 14.7 Å². The molecule has 2 aromatic heterocycles. The van der Waals surface area contributed by atoms with Crippen molar-refractivity contribution in [1.29, 1.82) is 0 Å². The van der Waals surface area contributed by atoms with Gasteiger partial charge in [-0.25, -0.2) is 4.98 Å². The number of anilines is 3. The van der Waals surface area contributed by atoms with Crippen molar-refractivity contribution in [2.75, 3.05) is 67.2 Å². The Labute approximate surface area is 225 Å². The number of pyridine rings is 1. The fraction of sp³-hybridized carbons (Fsp3) is 0.500. The Bertz CT molecular complexity index is 1060. The van der Waals surface area contributed by atoms with Crippen LogP contribution in [0.3, 0.4) is 0 Å². The summed E-state index contributed by atoms with van der Waals surface area (Å²) in [5.41, 5.74) is 0. The molecule has 2 aliphatic heterocycles. The summed E-state index contributed by atoms with van der Waals surface area (Å²) < 4.78 is 5.71. The van der Waals surface area contributed by atoms with E-state index in [0.717, 1.165) is 95.3 Å². The van der Waals surface area contributed by atoms with Crippen LogP contribution in [0.4, 0.5) is 17.7 Å². The van der Waals surface area contributed by atoms with E-state index in [2.05, 4.69) is 37.9 Å². The zero-order valence-corrected chi connectivity index (χ0v) is 22.7. The summed E-state index contributed by atoms with van der Waals surface area (Å²) in [6.45, 7) is 10.8. The molecule has 2 aromatic rings. The number of hydrogen-bond donors (Lipinski definition) is 0. The number of halogens is 1. The average molecular weight is 524 g/mol. The van der Waals surface area contributed by atoms with Crippen LogP contribution in [0.15, 0.2) is 59.8 Å². The van der Waals surface area contributed by atoms with Gasteiger partial charge in [0.1, 0.15) is 11.6 Å². The molecule has 8 nitrogen and oxygen atoms in total. The van der Waals surface area contributed by atoms with Gasteiger partial charge in [0.15, 0.2) is 0 Å². The van der Waals surface area contributed by atoms with E-state index in [1.54, 1.807) is 0 Å². The number of piperazine rings is 1. The Morgan fingerprint density at radius 2 is 1.51 bits per heavy atom. The lowest BCUT2D eigenvalue weighted by Gasteiger charge is -2.36. The van der Waals surface area contributed by atoms with Crippen molar-refractivity contribution in [3.8, 4) is 0 Å². The molecular weight excluding hydrogens is 486 g/mol. The van der Waals surface area contributed by atoms with Crippen molar-refractivity contribution in [3.63, 3.8) is 0 Å². The zero-order valence-electron chi connectivity index (χ0n) is 22.0. The van der Waals surface area contributed by atoms with Gasteiger partial charge in [0.25, 0.3) is 0 Å². The molecule has 0 radical (unpaired) electrons. The maximum Gasteiger partial charge on any atom is 0.230 e. The van der Waals surface area contributed by atoms with E-state index in [-0.39, 0.29) is 5.92 Å². The highest BCUT2D eigenvalue weighted by molar-refractivity contribution is 6.31. The van der Waals surface area contributed by atoms with Crippen molar-refractivity contribution >= 4 is 29.3 Å². The van der Waals surface area contributed by atoms with Gasteiger partial charge in [-0.05, 0) is 43.5 Å². The van der Waals surface area contributed by atoms with E-state index in [1.807, 2.05) is 50.4 Å². The van der Waals surface area contributed by atoms with E-state index < -0.39 is 0 Å². The number of ether oxygens (including phenoxy) is 1. The Kier molecular flexibility index (Phi) is 10.3. The number of nitrogens with zero attached hydrogens (tertiary/aromatic N) is 7. The maximum absolute atomic E-state index is 6.22. The van der Waals surface area contributed by atoms with Crippen molar-refractivity contribution in [2.45, 2.75) is 39.0 Å². The average Bonchev–Trinajstić information content (AvgIpc) is 3.08. The summed E-state index contributed by atoms with van der Waals surface area (Å²) in [5.74, 6) is 3.21. The van der Waals surface area contributed by atoms with Crippen LogP contribution in [0, 0.1) is 0 Å². The van der Waals surface area contributed by atoms with Gasteiger partial charge >= 0.3 is 0 Å². The molecule has 0 saturated carbocycles. The third-order valence-electron chi connectivity index (χ3n) is 6.47. The van der Waals surface area contributed by atoms with Gasteiger partial charge in [0, 0.05) is 63.7 Å². The Morgan fingerprint density at radius 1 is 0.811 bits per heavy atom. The fourth-order valence-corrected chi connectivity index (χ4v) is 4.66. The van der Waals surface area contributed by atoms with Crippen LogP contribution in [-0.2, 0) is 4.74 Å². The van der Waals surface area contributed by atoms with Crippen LogP contribution >= 0.6 is 11.6 Å². The molecule has 0 aromatic carbocycles. The van der Waals surface area contributed by atoms with E-state index in [4.69, 9.17) is 31.3 Å². The predicted molar refractivity (Wildman–Crippen MR) is 152 cm³/mol. The van der Waals surface area contributed by atoms with Crippen LogP contribution in [0.5, 0.6) is 0 Å². The molecule has 1 atom stereocenters. The summed E-state index contributed by atoms with van der Waals surface area (Å²) in [6.07, 6.45) is 14.8. The normalized spacial score (nSPS) is 20.7. The van der Waals surface area contributed by atoms with Gasteiger partial charge in [-0.3, -0.25) is 0 Å². The lowest BCUT2D eigenvalue weighted by Crippen LogP contribution is -2.47. The van der Waals surface area contributed by atoms with Crippen molar-refractivity contribution in [3.05, 3.63) is 65.6 Å². The van der Waals surface area contributed by atoms with Crippen molar-refractivity contribution < 1.29 is 4.74 Å². The van der Waals surface area contributed by atoms with Crippen LogP contribution in [0.2, 0.25) is 0 Å². The molecule has 0 amide bonds. The second-order valence-corrected chi connectivity index (χ2v) is 9.37. The van der Waals surface area contributed by atoms with Crippen LogP contribution in [-0.4, -0.2) is 72.4 Å². The third kappa shape index (κ3) is 7.52. The number of hydrogen-bond acceptors (Lipinski definition) is 8. The molecule has 198 valence electrons. The maximum atomic E-state index is 6.22. The van der Waals surface area contributed by atoms with E-state index in [9.17, 15) is 0 Å². The lowest BCUT2D eigenvalue weighted by molar-refractivity contribution is 0.133. The Morgan fingerprint density at radius 3 is 2.27 bits per heavy atom. The van der Waals surface area contributed by atoms with Gasteiger partial charge in [-0.2, -0.15) is 15.0 Å². The molecule has 2 saturated heterocycles. The van der Waals surface area contributed by atoms with Gasteiger partial charge < -0.3 is 19.4 Å². The van der Waals surface area contributed by atoms with E-state index in [0.29, 0.717) is 5.03 Å². The Hall–Kier alpha value is -2.97. The first-order valence-corrected chi connectivity index (χ1v) is 13.9. The number of aromatic nitrogens is 4. The van der Waals surface area contributed by atoms with Gasteiger partial charge in [-0.15, -0.1) is 0 Å². The van der Waals surface area contributed by atoms with Crippen molar-refractivity contribution in [2.24, 2.45) is 0 Å². The first kappa shape index (κ1) is 27.1. The molecular formula is C28H38ClN7O. The Balaban J connectivity index is 0.00000156. The molecule has 2 fully saturated rings. The SMILES string of the molecule is CC.ClC1=CC=CC(c2nc(N3CCCCOCCC3)nc(N3CCN(c4ccccn4)CC3)n2)C=C1. The summed E-state index contributed by atoms with van der Waals surface area (Å²) in [5, 5.41) is 0.698. The first-order valence-electron chi connectivity index (χ1n) is 13.5. The molecule has 37 heavy (non-hydrogen) atoms. The van der Waals surface area contributed by atoms with Gasteiger partial charge in [-0.1, -0.05) is 49.7 Å². The predicted octanol–water partition coefficient (Wildman–Crippen LogP) is 4.96. The standard InChI is InChI=1S/C26H32ClN7O.C2H6/c27-22-8-5-7-21(10-11-22)24-29-25(33-13-3-4-19-35-20-6-14-33)31-26(30-24)34-17-15-32(16-18-34)23-9-1-2-12-28-23;1-2/h1-2,5,7-12,21H,3-4,6,13-20H2;1-2H3. The monoisotopic (exact) mass is 523 g/mol. The number of allylic oxidation sites excluding steroid dienone is 6. The third-order valence-corrected chi connectivity index (χ3v) is 6.72. The summed E-state index contributed by atoms with van der Waals surface area (Å²) >= 11 is 6.22. The second kappa shape index (κ2) is 14.1. The second-order valence-electron chi connectivity index (χ2n) is 8.94. The molecule has 0 bridgehead atoms. The van der Waals surface area contributed by atoms with E-state index in [1.165, 1.54) is 0 Å². The smallest absolute Gasteiger partial charge is 0.230 e. The topological polar surface area (TPSA) is 70.5 Å². The largest absolute Gasteiger partial charge is 0.381 e. The lowest BCUT2D eigenvalue weighted by atomic mass is 10.1. The number of rotatable bonds is 4. The minimum atomic E-state index is -0.0568. The summed E-state index contributed by atoms with van der Waals surface area (Å²) in [6, 6.07) is 6.04. The molecule has 3 aliphatic rings. The first-order chi connectivity index (χ1) is 18.3. The molecule has 5 rings (SSSR count). The van der Waals surface area contributed by atoms with Crippen molar-refractivity contribution in [1.82, 2.24) is 19.9 Å². The van der Waals surface area contributed by atoms with Gasteiger partial charge in [0.05, 0.1) is 5.92 Å². The fourth-order valence-electron chi connectivity index (χ4n) is 4.51. The molecule has 1 aliphatic carbocycles.